The smallest absolute Gasteiger partial charge is 0.310 e. The minimum atomic E-state index is -0.772. The molecule has 1 fully saturated rings. The number of hydrogen-bond acceptors (Lipinski definition) is 1. The molecule has 3 atom stereocenters. The maximum Gasteiger partial charge on any atom is 0.310 e. The van der Waals surface area contributed by atoms with Crippen molar-refractivity contribution in [1.29, 1.82) is 0 Å². The third-order valence-electron chi connectivity index (χ3n) is 6.57. The molecule has 2 rings (SSSR count). The van der Waals surface area contributed by atoms with Crippen molar-refractivity contribution in [2.45, 2.75) is 73.6 Å². The number of allylic oxidation sites excluding steroid dienone is 5. The van der Waals surface area contributed by atoms with Gasteiger partial charge in [0, 0.05) is 0 Å². The molecule has 0 aromatic carbocycles. The quantitative estimate of drug-likeness (QED) is 0.627. The summed E-state index contributed by atoms with van der Waals surface area (Å²) in [6, 6.07) is 0. The Morgan fingerprint density at radius 3 is 2.58 bits per heavy atom. The SMILES string of the molecule is CC(=CC=CC(C)C(=O)O)C1=C(C)CCC2C(C)(C)CCCC12C. The molecule has 0 heterocycles. The van der Waals surface area contributed by atoms with E-state index in [1.807, 2.05) is 6.08 Å². The zero-order valence-corrected chi connectivity index (χ0v) is 16.3. The fourth-order valence-electron chi connectivity index (χ4n) is 5.42. The Morgan fingerprint density at radius 2 is 1.96 bits per heavy atom. The van der Waals surface area contributed by atoms with Crippen molar-refractivity contribution in [3.63, 3.8) is 0 Å². The first-order valence-electron chi connectivity index (χ1n) is 9.38. The summed E-state index contributed by atoms with van der Waals surface area (Å²) in [5.74, 6) is -0.471. The lowest BCUT2D eigenvalue weighted by atomic mass is 9.49. The average Bonchev–Trinajstić information content (AvgIpc) is 2.45. The van der Waals surface area contributed by atoms with Crippen molar-refractivity contribution in [2.24, 2.45) is 22.7 Å². The highest BCUT2D eigenvalue weighted by molar-refractivity contribution is 5.71. The van der Waals surface area contributed by atoms with E-state index in [0.717, 1.165) is 5.92 Å². The van der Waals surface area contributed by atoms with Crippen LogP contribution in [0.25, 0.3) is 0 Å². The predicted molar refractivity (Wildman–Crippen MR) is 101 cm³/mol. The van der Waals surface area contributed by atoms with Crippen LogP contribution in [0.5, 0.6) is 0 Å². The molecule has 0 bridgehead atoms. The molecule has 0 aromatic heterocycles. The molecule has 2 nitrogen and oxygen atoms in total. The number of fused-ring (bicyclic) bond motifs is 1. The molecule has 2 aliphatic carbocycles. The zero-order valence-electron chi connectivity index (χ0n) is 16.3. The number of carbonyl (C=O) groups is 1. The molecular weight excluding hydrogens is 296 g/mol. The molecule has 134 valence electrons. The first kappa shape index (κ1) is 19.0. The second-order valence-electron chi connectivity index (χ2n) is 8.87. The Kier molecular flexibility index (Phi) is 5.47. The largest absolute Gasteiger partial charge is 0.481 e. The Bertz CT molecular complexity index is 591. The van der Waals surface area contributed by atoms with Crippen LogP contribution in [0.4, 0.5) is 0 Å². The molecule has 24 heavy (non-hydrogen) atoms. The van der Waals surface area contributed by atoms with E-state index >= 15 is 0 Å². The van der Waals surface area contributed by atoms with E-state index in [1.165, 1.54) is 43.3 Å². The Labute approximate surface area is 147 Å². The summed E-state index contributed by atoms with van der Waals surface area (Å²) in [4.78, 5) is 11.0. The van der Waals surface area contributed by atoms with Gasteiger partial charge in [0.15, 0.2) is 0 Å². The predicted octanol–water partition coefficient (Wildman–Crippen LogP) is 6.15. The van der Waals surface area contributed by atoms with Gasteiger partial charge in [-0.05, 0) is 74.3 Å². The fourth-order valence-corrected chi connectivity index (χ4v) is 5.42. The molecule has 0 amide bonds. The summed E-state index contributed by atoms with van der Waals surface area (Å²) >= 11 is 0. The highest BCUT2D eigenvalue weighted by Gasteiger charge is 2.50. The van der Waals surface area contributed by atoms with E-state index in [2.05, 4.69) is 40.7 Å². The molecule has 0 aliphatic heterocycles. The van der Waals surface area contributed by atoms with Crippen LogP contribution in [0, 0.1) is 22.7 Å². The Balaban J connectivity index is 2.34. The van der Waals surface area contributed by atoms with E-state index in [-0.39, 0.29) is 5.41 Å². The van der Waals surface area contributed by atoms with Gasteiger partial charge in [-0.15, -0.1) is 0 Å². The van der Waals surface area contributed by atoms with Gasteiger partial charge < -0.3 is 5.11 Å². The van der Waals surface area contributed by atoms with E-state index in [0.29, 0.717) is 5.41 Å². The first-order valence-corrected chi connectivity index (χ1v) is 9.38. The molecule has 2 heteroatoms. The van der Waals surface area contributed by atoms with E-state index < -0.39 is 11.9 Å². The van der Waals surface area contributed by atoms with Gasteiger partial charge in [-0.25, -0.2) is 0 Å². The lowest BCUT2D eigenvalue weighted by Crippen LogP contribution is -2.45. The second kappa shape index (κ2) is 6.90. The Morgan fingerprint density at radius 1 is 1.29 bits per heavy atom. The lowest BCUT2D eigenvalue weighted by molar-refractivity contribution is -0.139. The van der Waals surface area contributed by atoms with Gasteiger partial charge in [0.25, 0.3) is 0 Å². The van der Waals surface area contributed by atoms with Gasteiger partial charge in [-0.2, -0.15) is 0 Å². The van der Waals surface area contributed by atoms with Crippen LogP contribution in [-0.4, -0.2) is 11.1 Å². The van der Waals surface area contributed by atoms with Gasteiger partial charge in [-0.3, -0.25) is 4.79 Å². The molecular formula is C22H34O2. The number of aliphatic carboxylic acids is 1. The van der Waals surface area contributed by atoms with E-state index in [1.54, 1.807) is 18.6 Å². The molecule has 0 aromatic rings. The van der Waals surface area contributed by atoms with Crippen LogP contribution in [0.3, 0.4) is 0 Å². The number of carboxylic acids is 1. The van der Waals surface area contributed by atoms with E-state index in [9.17, 15) is 4.79 Å². The normalized spacial score (nSPS) is 31.9. The summed E-state index contributed by atoms with van der Waals surface area (Å²) < 4.78 is 0. The van der Waals surface area contributed by atoms with Crippen molar-refractivity contribution in [1.82, 2.24) is 0 Å². The number of hydrogen-bond donors (Lipinski definition) is 1. The first-order chi connectivity index (χ1) is 11.1. The molecule has 0 radical (unpaired) electrons. The molecule has 0 spiro atoms. The summed E-state index contributed by atoms with van der Waals surface area (Å²) in [6.45, 7) is 13.6. The van der Waals surface area contributed by atoms with Gasteiger partial charge in [0.05, 0.1) is 5.92 Å². The number of rotatable bonds is 4. The maximum atomic E-state index is 11.0. The molecule has 1 N–H and O–H groups in total. The monoisotopic (exact) mass is 330 g/mol. The van der Waals surface area contributed by atoms with Crippen LogP contribution in [0.1, 0.15) is 73.6 Å². The summed E-state index contributed by atoms with van der Waals surface area (Å²) in [6.07, 6.45) is 12.2. The van der Waals surface area contributed by atoms with Crippen LogP contribution >= 0.6 is 0 Å². The van der Waals surface area contributed by atoms with Crippen molar-refractivity contribution in [3.8, 4) is 0 Å². The van der Waals surface area contributed by atoms with Gasteiger partial charge in [-0.1, -0.05) is 51.0 Å². The van der Waals surface area contributed by atoms with Crippen molar-refractivity contribution in [3.05, 3.63) is 34.9 Å². The highest BCUT2D eigenvalue weighted by Crippen LogP contribution is 2.60. The van der Waals surface area contributed by atoms with Crippen LogP contribution in [0.15, 0.2) is 34.9 Å². The molecule has 2 aliphatic rings. The lowest BCUT2D eigenvalue weighted by Gasteiger charge is -2.55. The van der Waals surface area contributed by atoms with Gasteiger partial charge in [0.2, 0.25) is 0 Å². The van der Waals surface area contributed by atoms with Gasteiger partial charge in [0.1, 0.15) is 0 Å². The third kappa shape index (κ3) is 3.53. The molecule has 0 saturated heterocycles. The van der Waals surface area contributed by atoms with Gasteiger partial charge >= 0.3 is 5.97 Å². The van der Waals surface area contributed by atoms with Crippen molar-refractivity contribution < 1.29 is 9.90 Å². The Hall–Kier alpha value is -1.31. The zero-order chi connectivity index (χ0) is 18.1. The van der Waals surface area contributed by atoms with Crippen LogP contribution < -0.4 is 0 Å². The maximum absolute atomic E-state index is 11.0. The van der Waals surface area contributed by atoms with Crippen LogP contribution in [0.2, 0.25) is 0 Å². The fraction of sp³-hybridized carbons (Fsp3) is 0.682. The standard InChI is InChI=1S/C22H34O2/c1-15(9-7-10-17(3)20(23)24)19-16(2)11-12-18-21(4,5)13-8-14-22(18,19)6/h7,9-10,17-18H,8,11-14H2,1-6H3,(H,23,24). The van der Waals surface area contributed by atoms with Crippen LogP contribution in [-0.2, 0) is 4.79 Å². The minimum absolute atomic E-state index is 0.261. The third-order valence-corrected chi connectivity index (χ3v) is 6.57. The van der Waals surface area contributed by atoms with Crippen molar-refractivity contribution in [2.75, 3.05) is 0 Å². The molecule has 1 saturated carbocycles. The minimum Gasteiger partial charge on any atom is -0.481 e. The summed E-state index contributed by atoms with van der Waals surface area (Å²) in [5, 5.41) is 9.01. The summed E-state index contributed by atoms with van der Waals surface area (Å²) in [7, 11) is 0. The summed E-state index contributed by atoms with van der Waals surface area (Å²) in [5.41, 5.74) is 5.05. The topological polar surface area (TPSA) is 37.3 Å². The van der Waals surface area contributed by atoms with E-state index in [4.69, 9.17) is 5.11 Å². The van der Waals surface area contributed by atoms with Crippen molar-refractivity contribution >= 4 is 5.97 Å². The highest BCUT2D eigenvalue weighted by atomic mass is 16.4. The number of carboxylic acid groups (broad SMARTS) is 1. The second-order valence-corrected chi connectivity index (χ2v) is 8.87. The molecule has 3 unspecified atom stereocenters. The average molecular weight is 331 g/mol.